The van der Waals surface area contributed by atoms with E-state index in [4.69, 9.17) is 9.47 Å². The third kappa shape index (κ3) is 5.33. The molecule has 0 amide bonds. The Hall–Kier alpha value is -2.33. The molecule has 0 aromatic heterocycles. The van der Waals surface area contributed by atoms with Crippen LogP contribution in [0.3, 0.4) is 0 Å². The van der Waals surface area contributed by atoms with Crippen LogP contribution in [0, 0.1) is 11.8 Å². The Kier molecular flexibility index (Phi) is 6.67. The fourth-order valence-electron chi connectivity index (χ4n) is 3.26. The van der Waals surface area contributed by atoms with E-state index in [2.05, 4.69) is 41.7 Å². The maximum Gasteiger partial charge on any atom is 0.309 e. The number of benzene rings is 2. The van der Waals surface area contributed by atoms with Gasteiger partial charge < -0.3 is 14.8 Å². The number of hydrogen-bond acceptors (Lipinski definition) is 4. The molecule has 2 aromatic rings. The second-order valence-electron chi connectivity index (χ2n) is 6.86. The highest BCUT2D eigenvalue weighted by atomic mass is 16.6. The number of carbonyl (C=O) groups is 1. The van der Waals surface area contributed by atoms with Crippen molar-refractivity contribution in [3.63, 3.8) is 0 Å². The summed E-state index contributed by atoms with van der Waals surface area (Å²) in [5.41, 5.74) is 2.54. The summed E-state index contributed by atoms with van der Waals surface area (Å²) in [5, 5.41) is 3.28. The first-order valence-corrected chi connectivity index (χ1v) is 9.35. The number of rotatable bonds is 8. The van der Waals surface area contributed by atoms with Crippen molar-refractivity contribution in [2.45, 2.75) is 19.8 Å². The van der Waals surface area contributed by atoms with Crippen LogP contribution < -0.4 is 10.1 Å². The van der Waals surface area contributed by atoms with Gasteiger partial charge in [0.05, 0.1) is 5.92 Å². The zero-order chi connectivity index (χ0) is 18.2. The summed E-state index contributed by atoms with van der Waals surface area (Å²) in [7, 11) is 0. The molecular weight excluding hydrogens is 326 g/mol. The van der Waals surface area contributed by atoms with E-state index >= 15 is 0 Å². The summed E-state index contributed by atoms with van der Waals surface area (Å²) in [6.45, 7) is 4.51. The minimum atomic E-state index is -0.125. The van der Waals surface area contributed by atoms with Gasteiger partial charge in [-0.2, -0.15) is 0 Å². The Bertz CT molecular complexity index is 678. The van der Waals surface area contributed by atoms with E-state index in [0.717, 1.165) is 31.7 Å². The van der Waals surface area contributed by atoms with E-state index in [1.165, 1.54) is 11.1 Å². The molecule has 138 valence electrons. The van der Waals surface area contributed by atoms with Crippen LogP contribution in [0.4, 0.5) is 0 Å². The molecule has 1 saturated heterocycles. The average Bonchev–Trinajstić information content (AvgIpc) is 3.21. The Morgan fingerprint density at radius 2 is 1.81 bits per heavy atom. The van der Waals surface area contributed by atoms with Crippen LogP contribution in [0.25, 0.3) is 0 Å². The Morgan fingerprint density at radius 3 is 2.50 bits per heavy atom. The standard InChI is InChI=1S/C22H27NO3/c1-17(20-11-12-23-16-20)22(24)26-14-13-25-21-9-7-19(8-10-21)15-18-5-3-2-4-6-18/h2-10,17,20,23H,11-16H2,1H3. The van der Waals surface area contributed by atoms with Gasteiger partial charge in [0.1, 0.15) is 19.0 Å². The molecule has 0 aliphatic carbocycles. The van der Waals surface area contributed by atoms with E-state index in [1.54, 1.807) is 0 Å². The largest absolute Gasteiger partial charge is 0.490 e. The second-order valence-corrected chi connectivity index (χ2v) is 6.86. The van der Waals surface area contributed by atoms with Gasteiger partial charge in [0, 0.05) is 0 Å². The maximum atomic E-state index is 12.1. The lowest BCUT2D eigenvalue weighted by Crippen LogP contribution is -2.26. The third-order valence-corrected chi connectivity index (χ3v) is 4.95. The maximum absolute atomic E-state index is 12.1. The number of carbonyl (C=O) groups excluding carboxylic acids is 1. The van der Waals surface area contributed by atoms with E-state index in [0.29, 0.717) is 12.5 Å². The predicted octanol–water partition coefficient (Wildman–Crippen LogP) is 3.45. The quantitative estimate of drug-likeness (QED) is 0.583. The SMILES string of the molecule is CC(C(=O)OCCOc1ccc(Cc2ccccc2)cc1)C1CCNC1. The van der Waals surface area contributed by atoms with Crippen molar-refractivity contribution >= 4 is 5.97 Å². The Morgan fingerprint density at radius 1 is 1.08 bits per heavy atom. The molecule has 0 bridgehead atoms. The van der Waals surface area contributed by atoms with Gasteiger partial charge in [-0.05, 0) is 55.1 Å². The molecule has 4 nitrogen and oxygen atoms in total. The molecule has 0 spiro atoms. The lowest BCUT2D eigenvalue weighted by molar-refractivity contribution is -0.150. The lowest BCUT2D eigenvalue weighted by Gasteiger charge is -2.17. The fraction of sp³-hybridized carbons (Fsp3) is 0.409. The molecule has 1 aliphatic rings. The Balaban J connectivity index is 1.37. The average molecular weight is 353 g/mol. The first kappa shape index (κ1) is 18.5. The van der Waals surface area contributed by atoms with Crippen LogP contribution in [0.15, 0.2) is 54.6 Å². The Labute approximate surface area is 155 Å². The van der Waals surface area contributed by atoms with Crippen LogP contribution >= 0.6 is 0 Å². The molecule has 1 N–H and O–H groups in total. The normalized spacial score (nSPS) is 17.7. The number of esters is 1. The zero-order valence-corrected chi connectivity index (χ0v) is 15.3. The minimum Gasteiger partial charge on any atom is -0.490 e. The van der Waals surface area contributed by atoms with Gasteiger partial charge in [0.15, 0.2) is 0 Å². The van der Waals surface area contributed by atoms with Crippen LogP contribution in [-0.4, -0.2) is 32.3 Å². The molecule has 1 aliphatic heterocycles. The van der Waals surface area contributed by atoms with Gasteiger partial charge in [-0.25, -0.2) is 0 Å². The second kappa shape index (κ2) is 9.39. The molecule has 0 radical (unpaired) electrons. The summed E-state index contributed by atoms with van der Waals surface area (Å²) in [6, 6.07) is 18.5. The molecule has 26 heavy (non-hydrogen) atoms. The van der Waals surface area contributed by atoms with Gasteiger partial charge in [0.25, 0.3) is 0 Å². The first-order chi connectivity index (χ1) is 12.7. The molecule has 4 heteroatoms. The first-order valence-electron chi connectivity index (χ1n) is 9.35. The molecule has 3 rings (SSSR count). The monoisotopic (exact) mass is 353 g/mol. The van der Waals surface area contributed by atoms with Gasteiger partial charge in [0.2, 0.25) is 0 Å². The van der Waals surface area contributed by atoms with Crippen LogP contribution in [0.1, 0.15) is 24.5 Å². The summed E-state index contributed by atoms with van der Waals surface area (Å²) in [6.07, 6.45) is 1.95. The van der Waals surface area contributed by atoms with Crippen LogP contribution in [0.5, 0.6) is 5.75 Å². The van der Waals surface area contributed by atoms with Gasteiger partial charge in [-0.15, -0.1) is 0 Å². The molecule has 1 heterocycles. The summed E-state index contributed by atoms with van der Waals surface area (Å²) in [5.74, 6) is 1.01. The van der Waals surface area contributed by atoms with Crippen molar-refractivity contribution in [2.24, 2.45) is 11.8 Å². The topological polar surface area (TPSA) is 47.6 Å². The highest BCUT2D eigenvalue weighted by Gasteiger charge is 2.27. The summed E-state index contributed by atoms with van der Waals surface area (Å²) in [4.78, 5) is 12.1. The van der Waals surface area contributed by atoms with Crippen LogP contribution in [-0.2, 0) is 16.0 Å². The lowest BCUT2D eigenvalue weighted by atomic mass is 9.93. The molecule has 0 saturated carbocycles. The van der Waals surface area contributed by atoms with Gasteiger partial charge in [-0.3, -0.25) is 4.79 Å². The number of ether oxygens (including phenoxy) is 2. The highest BCUT2D eigenvalue weighted by Crippen LogP contribution is 2.20. The molecule has 2 aromatic carbocycles. The van der Waals surface area contributed by atoms with Crippen molar-refractivity contribution in [3.05, 3.63) is 65.7 Å². The fourth-order valence-corrected chi connectivity index (χ4v) is 3.26. The van der Waals surface area contributed by atoms with E-state index in [1.807, 2.05) is 25.1 Å². The molecule has 2 atom stereocenters. The summed E-state index contributed by atoms with van der Waals surface area (Å²) >= 11 is 0. The third-order valence-electron chi connectivity index (χ3n) is 4.95. The molecule has 1 fully saturated rings. The number of hydrogen-bond donors (Lipinski definition) is 1. The highest BCUT2D eigenvalue weighted by molar-refractivity contribution is 5.72. The van der Waals surface area contributed by atoms with E-state index in [-0.39, 0.29) is 18.5 Å². The predicted molar refractivity (Wildman–Crippen MR) is 102 cm³/mol. The number of nitrogens with one attached hydrogen (secondary N) is 1. The smallest absolute Gasteiger partial charge is 0.309 e. The molecular formula is C22H27NO3. The summed E-state index contributed by atoms with van der Waals surface area (Å²) < 4.78 is 11.0. The van der Waals surface area contributed by atoms with Crippen molar-refractivity contribution in [2.75, 3.05) is 26.3 Å². The molecule has 2 unspecified atom stereocenters. The van der Waals surface area contributed by atoms with Gasteiger partial charge >= 0.3 is 5.97 Å². The van der Waals surface area contributed by atoms with Gasteiger partial charge in [-0.1, -0.05) is 49.4 Å². The zero-order valence-electron chi connectivity index (χ0n) is 15.3. The van der Waals surface area contributed by atoms with Crippen molar-refractivity contribution in [3.8, 4) is 5.75 Å². The van der Waals surface area contributed by atoms with E-state index in [9.17, 15) is 4.79 Å². The minimum absolute atomic E-state index is 0.0535. The van der Waals surface area contributed by atoms with Crippen LogP contribution in [0.2, 0.25) is 0 Å². The van der Waals surface area contributed by atoms with Crippen molar-refractivity contribution in [1.29, 1.82) is 0 Å². The van der Waals surface area contributed by atoms with Crippen molar-refractivity contribution in [1.82, 2.24) is 5.32 Å². The van der Waals surface area contributed by atoms with E-state index < -0.39 is 0 Å². The van der Waals surface area contributed by atoms with Crippen molar-refractivity contribution < 1.29 is 14.3 Å².